The van der Waals surface area contributed by atoms with Crippen LogP contribution in [0.4, 0.5) is 22.9 Å². The predicted octanol–water partition coefficient (Wildman–Crippen LogP) is 8.04. The fourth-order valence-corrected chi connectivity index (χ4v) is 5.91. The molecule has 4 aromatic carbocycles. The number of ether oxygens (including phenoxy) is 2. The monoisotopic (exact) mass is 588 g/mol. The third kappa shape index (κ3) is 4.70. The summed E-state index contributed by atoms with van der Waals surface area (Å²) in [7, 11) is 1.60. The summed E-state index contributed by atoms with van der Waals surface area (Å²) in [4.78, 5) is 12.6. The molecule has 1 aromatic heterocycles. The molecule has 214 valence electrons. The van der Waals surface area contributed by atoms with Crippen LogP contribution in [0.3, 0.4) is 0 Å². The molecule has 1 atom stereocenters. The molecule has 0 spiro atoms. The zero-order chi connectivity index (χ0) is 29.5. The Labute approximate surface area is 254 Å². The van der Waals surface area contributed by atoms with E-state index in [0.717, 1.165) is 51.1 Å². The van der Waals surface area contributed by atoms with Gasteiger partial charge in [0, 0.05) is 11.3 Å². The van der Waals surface area contributed by atoms with E-state index in [-0.39, 0.29) is 6.04 Å². The van der Waals surface area contributed by atoms with Gasteiger partial charge in [-0.25, -0.2) is 14.7 Å². The Kier molecular flexibility index (Phi) is 6.83. The Bertz CT molecular complexity index is 1880. The van der Waals surface area contributed by atoms with Crippen molar-refractivity contribution in [3.8, 4) is 17.2 Å². The fourth-order valence-electron chi connectivity index (χ4n) is 5.66. The highest BCUT2D eigenvalue weighted by Crippen LogP contribution is 2.48. The summed E-state index contributed by atoms with van der Waals surface area (Å²) in [6.07, 6.45) is 0. The summed E-state index contributed by atoms with van der Waals surface area (Å²) < 4.78 is 13.1. The van der Waals surface area contributed by atoms with E-state index in [1.54, 1.807) is 7.11 Å². The molecule has 2 aliphatic rings. The molecule has 8 nitrogen and oxygen atoms in total. The normalized spacial score (nSPS) is 15.1. The molecule has 0 aliphatic carbocycles. The van der Waals surface area contributed by atoms with Gasteiger partial charge >= 0.3 is 0 Å². The van der Waals surface area contributed by atoms with Crippen LogP contribution in [-0.2, 0) is 0 Å². The van der Waals surface area contributed by atoms with Crippen LogP contribution in [0.1, 0.15) is 29.8 Å². The van der Waals surface area contributed by atoms with Gasteiger partial charge in [-0.1, -0.05) is 54.1 Å². The number of para-hydroxylation sites is 3. The van der Waals surface area contributed by atoms with Crippen molar-refractivity contribution in [2.24, 2.45) is 9.98 Å². The Balaban J connectivity index is 1.45. The van der Waals surface area contributed by atoms with E-state index in [1.165, 1.54) is 0 Å². The van der Waals surface area contributed by atoms with Gasteiger partial charge in [-0.2, -0.15) is 5.10 Å². The molecule has 0 unspecified atom stereocenters. The molecule has 0 amide bonds. The third-order valence-electron chi connectivity index (χ3n) is 7.56. The number of hydrogen-bond donors (Lipinski definition) is 1. The van der Waals surface area contributed by atoms with E-state index >= 15 is 0 Å². The van der Waals surface area contributed by atoms with Gasteiger partial charge in [0.25, 0.3) is 0 Å². The van der Waals surface area contributed by atoms with Crippen molar-refractivity contribution in [1.29, 1.82) is 0 Å². The van der Waals surface area contributed by atoms with Crippen LogP contribution in [-0.4, -0.2) is 35.2 Å². The molecule has 7 rings (SSSR count). The van der Waals surface area contributed by atoms with E-state index < -0.39 is 0 Å². The average molecular weight is 589 g/mol. The second-order valence-electron chi connectivity index (χ2n) is 10.2. The van der Waals surface area contributed by atoms with E-state index in [9.17, 15) is 0 Å². The van der Waals surface area contributed by atoms with Crippen LogP contribution in [0.25, 0.3) is 5.69 Å². The van der Waals surface area contributed by atoms with Crippen LogP contribution in [0.2, 0.25) is 5.02 Å². The van der Waals surface area contributed by atoms with Crippen molar-refractivity contribution >= 4 is 46.2 Å². The van der Waals surface area contributed by atoms with Gasteiger partial charge in [-0.3, -0.25) is 0 Å². The summed E-state index contributed by atoms with van der Waals surface area (Å²) >= 11 is 6.50. The Morgan fingerprint density at radius 3 is 2.42 bits per heavy atom. The minimum Gasteiger partial charge on any atom is -0.495 e. The highest BCUT2D eigenvalue weighted by Gasteiger charge is 2.41. The van der Waals surface area contributed by atoms with Gasteiger partial charge in [0.05, 0.1) is 47.5 Å². The summed E-state index contributed by atoms with van der Waals surface area (Å²) in [6, 6.07) is 31.8. The van der Waals surface area contributed by atoms with E-state index in [4.69, 9.17) is 36.2 Å². The maximum atomic E-state index is 6.50. The number of rotatable bonds is 6. The Hall–Kier alpha value is -5.08. The van der Waals surface area contributed by atoms with Gasteiger partial charge in [-0.05, 0) is 74.0 Å². The van der Waals surface area contributed by atoms with E-state index in [2.05, 4.69) is 28.4 Å². The number of aromatic nitrogens is 2. The molecule has 0 bridgehead atoms. The molecule has 9 heteroatoms. The first-order valence-corrected chi connectivity index (χ1v) is 14.5. The second kappa shape index (κ2) is 11.0. The number of amidine groups is 2. The molecule has 0 fully saturated rings. The zero-order valence-corrected chi connectivity index (χ0v) is 24.7. The van der Waals surface area contributed by atoms with Gasteiger partial charge in [-0.15, -0.1) is 0 Å². The van der Waals surface area contributed by atoms with Crippen LogP contribution in [0.15, 0.2) is 107 Å². The maximum Gasteiger partial charge on any atom is 0.179 e. The van der Waals surface area contributed by atoms with Crippen molar-refractivity contribution in [1.82, 2.24) is 9.78 Å². The maximum absolute atomic E-state index is 6.50. The number of nitrogens with one attached hydrogen (secondary N) is 1. The fraction of sp³-hybridized carbons (Fsp3) is 0.147. The standard InChI is InChI=1S/C34H29ClN6O2/c1-4-43-25-17-14-22(15-18-25)31-30-21(2)39-41(24-10-6-5-7-11-24)33(30)38-34-32(36-23-16-19-29(42-3)26(35)20-23)37-27-12-8-9-13-28(27)40(31)34/h5-20,31H,4H2,1-3H3,(H,36,37)/t31-/m0/s1. The number of halogens is 1. The van der Waals surface area contributed by atoms with Crippen molar-refractivity contribution in [3.63, 3.8) is 0 Å². The number of nitrogens with zero attached hydrogens (tertiary/aromatic N) is 5. The molecule has 1 N–H and O–H groups in total. The van der Waals surface area contributed by atoms with Gasteiger partial charge in [0.15, 0.2) is 17.5 Å². The van der Waals surface area contributed by atoms with Crippen LogP contribution < -0.4 is 19.7 Å². The summed E-state index contributed by atoms with van der Waals surface area (Å²) in [6.45, 7) is 4.63. The Morgan fingerprint density at radius 1 is 0.907 bits per heavy atom. The van der Waals surface area contributed by atoms with Gasteiger partial charge in [0.1, 0.15) is 11.5 Å². The largest absolute Gasteiger partial charge is 0.495 e. The lowest BCUT2D eigenvalue weighted by Gasteiger charge is -2.40. The SMILES string of the molecule is CCOc1ccc([C@H]2c3c(C)nn(-c4ccccc4)c3N=C3C(Nc4ccc(OC)c(Cl)c4)=Nc4ccccc4N32)cc1. The predicted molar refractivity (Wildman–Crippen MR) is 172 cm³/mol. The molecule has 0 saturated carbocycles. The molecule has 5 aromatic rings. The number of anilines is 2. The highest BCUT2D eigenvalue weighted by atomic mass is 35.5. The first-order chi connectivity index (χ1) is 21.1. The minimum atomic E-state index is -0.233. The minimum absolute atomic E-state index is 0.233. The molecule has 0 radical (unpaired) electrons. The molecule has 0 saturated heterocycles. The van der Waals surface area contributed by atoms with Crippen molar-refractivity contribution in [2.75, 3.05) is 23.9 Å². The van der Waals surface area contributed by atoms with Crippen molar-refractivity contribution in [2.45, 2.75) is 19.9 Å². The number of benzene rings is 4. The van der Waals surface area contributed by atoms with Crippen LogP contribution >= 0.6 is 11.6 Å². The van der Waals surface area contributed by atoms with Gasteiger partial charge < -0.3 is 19.7 Å². The summed E-state index contributed by atoms with van der Waals surface area (Å²) in [5, 5.41) is 9.00. The second-order valence-corrected chi connectivity index (χ2v) is 10.6. The van der Waals surface area contributed by atoms with Crippen LogP contribution in [0, 0.1) is 6.92 Å². The average Bonchev–Trinajstić information content (AvgIpc) is 3.37. The molecule has 2 aliphatic heterocycles. The highest BCUT2D eigenvalue weighted by molar-refractivity contribution is 6.51. The molecule has 3 heterocycles. The van der Waals surface area contributed by atoms with Gasteiger partial charge in [0.2, 0.25) is 0 Å². The third-order valence-corrected chi connectivity index (χ3v) is 7.86. The first kappa shape index (κ1) is 26.8. The number of fused-ring (bicyclic) bond motifs is 4. The lowest BCUT2D eigenvalue weighted by Crippen LogP contribution is -2.46. The number of aliphatic imine (C=N–C) groups is 2. The quantitative estimate of drug-likeness (QED) is 0.217. The summed E-state index contributed by atoms with van der Waals surface area (Å²) in [5.74, 6) is 3.46. The van der Waals surface area contributed by atoms with Crippen molar-refractivity contribution < 1.29 is 9.47 Å². The lowest BCUT2D eigenvalue weighted by atomic mass is 9.93. The van der Waals surface area contributed by atoms with Crippen LogP contribution in [0.5, 0.6) is 11.5 Å². The number of aryl methyl sites for hydroxylation is 1. The molecule has 43 heavy (non-hydrogen) atoms. The zero-order valence-electron chi connectivity index (χ0n) is 24.0. The smallest absolute Gasteiger partial charge is 0.179 e. The first-order valence-electron chi connectivity index (χ1n) is 14.1. The number of methoxy groups -OCH3 is 1. The molecular formula is C34H29ClN6O2. The summed E-state index contributed by atoms with van der Waals surface area (Å²) in [5.41, 5.74) is 6.49. The molecular weight excluding hydrogens is 560 g/mol. The topological polar surface area (TPSA) is 76.3 Å². The van der Waals surface area contributed by atoms with E-state index in [0.29, 0.717) is 29.1 Å². The Morgan fingerprint density at radius 2 is 1.67 bits per heavy atom. The van der Waals surface area contributed by atoms with E-state index in [1.807, 2.05) is 97.4 Å². The lowest BCUT2D eigenvalue weighted by molar-refractivity contribution is 0.340. The van der Waals surface area contributed by atoms with Crippen molar-refractivity contribution in [3.05, 3.63) is 119 Å². The number of hydrogen-bond acceptors (Lipinski definition) is 7.